The molecule has 3 heterocycles. The highest BCUT2D eigenvalue weighted by Gasteiger charge is 2.47. The number of rotatable bonds is 4. The Labute approximate surface area is 170 Å². The van der Waals surface area contributed by atoms with Gasteiger partial charge < -0.3 is 19.5 Å². The van der Waals surface area contributed by atoms with E-state index in [1.54, 1.807) is 17.2 Å². The van der Waals surface area contributed by atoms with E-state index < -0.39 is 33.3 Å². The lowest BCUT2D eigenvalue weighted by Crippen LogP contribution is -2.38. The number of hydrogen-bond donors (Lipinski definition) is 1. The topological polar surface area (TPSA) is 123 Å². The molecule has 1 aromatic rings. The van der Waals surface area contributed by atoms with E-state index in [9.17, 15) is 26.4 Å². The van der Waals surface area contributed by atoms with E-state index in [1.807, 2.05) is 12.1 Å². The van der Waals surface area contributed by atoms with Crippen molar-refractivity contribution in [3.05, 3.63) is 24.4 Å². The van der Waals surface area contributed by atoms with Crippen molar-refractivity contribution >= 4 is 21.7 Å². The van der Waals surface area contributed by atoms with Crippen molar-refractivity contribution in [1.82, 2.24) is 9.88 Å². The van der Waals surface area contributed by atoms with Crippen molar-refractivity contribution in [2.24, 2.45) is 0 Å². The van der Waals surface area contributed by atoms with E-state index in [0.29, 0.717) is 38.4 Å². The fourth-order valence-electron chi connectivity index (χ4n) is 3.12. The number of aliphatic carboxylic acids is 1. The van der Waals surface area contributed by atoms with Crippen LogP contribution in [0.4, 0.5) is 13.2 Å². The molecule has 9 nitrogen and oxygen atoms in total. The van der Waals surface area contributed by atoms with E-state index in [-0.39, 0.29) is 12.0 Å². The van der Waals surface area contributed by atoms with Gasteiger partial charge in [-0.05, 0) is 12.5 Å². The van der Waals surface area contributed by atoms with E-state index >= 15 is 0 Å². The largest absolute Gasteiger partial charge is 0.490 e. The normalized spacial score (nSPS) is 23.7. The zero-order valence-corrected chi connectivity index (χ0v) is 16.8. The van der Waals surface area contributed by atoms with Crippen LogP contribution in [0.15, 0.2) is 24.4 Å². The van der Waals surface area contributed by atoms with Gasteiger partial charge in [0, 0.05) is 38.0 Å². The van der Waals surface area contributed by atoms with Crippen LogP contribution >= 0.6 is 0 Å². The third-order valence-corrected chi connectivity index (χ3v) is 5.17. The lowest BCUT2D eigenvalue weighted by molar-refractivity contribution is -0.192. The predicted octanol–water partition coefficient (Wildman–Crippen LogP) is 0.898. The van der Waals surface area contributed by atoms with E-state index in [1.165, 1.54) is 0 Å². The summed E-state index contributed by atoms with van der Waals surface area (Å²) in [5, 5.41) is 7.12. The van der Waals surface area contributed by atoms with Gasteiger partial charge in [0.1, 0.15) is 11.9 Å². The number of ether oxygens (including phenoxy) is 2. The smallest absolute Gasteiger partial charge is 0.475 e. The number of carbonyl (C=O) groups is 2. The number of carboxylic acid groups (broad SMARTS) is 1. The van der Waals surface area contributed by atoms with Crippen LogP contribution < -0.4 is 4.74 Å². The van der Waals surface area contributed by atoms with Crippen LogP contribution in [-0.2, 0) is 24.2 Å². The Hall–Kier alpha value is -2.41. The van der Waals surface area contributed by atoms with Crippen molar-refractivity contribution in [3.63, 3.8) is 0 Å². The molecule has 2 aliphatic heterocycles. The van der Waals surface area contributed by atoms with Crippen LogP contribution in [0.25, 0.3) is 0 Å². The fraction of sp³-hybridized carbons (Fsp3) is 0.588. The molecular weight excluding hydrogens is 433 g/mol. The minimum Gasteiger partial charge on any atom is -0.475 e. The van der Waals surface area contributed by atoms with Crippen molar-refractivity contribution in [3.8, 4) is 5.88 Å². The van der Waals surface area contributed by atoms with Gasteiger partial charge in [0.2, 0.25) is 11.8 Å². The van der Waals surface area contributed by atoms with Gasteiger partial charge in [-0.2, -0.15) is 13.2 Å². The molecule has 2 saturated heterocycles. The van der Waals surface area contributed by atoms with Crippen LogP contribution in [0, 0.1) is 0 Å². The second-order valence-electron chi connectivity index (χ2n) is 7.04. The zero-order chi connectivity index (χ0) is 22.6. The van der Waals surface area contributed by atoms with Crippen molar-refractivity contribution in [2.75, 3.05) is 31.7 Å². The molecule has 1 spiro atoms. The molecule has 0 aliphatic carbocycles. The Morgan fingerprint density at radius 1 is 1.40 bits per heavy atom. The van der Waals surface area contributed by atoms with Gasteiger partial charge in [-0.25, -0.2) is 18.2 Å². The summed E-state index contributed by atoms with van der Waals surface area (Å²) in [6, 6.07) is 5.47. The number of aromatic nitrogens is 1. The zero-order valence-electron chi connectivity index (χ0n) is 16.0. The number of carbonyl (C=O) groups excluding carboxylic acids is 1. The van der Waals surface area contributed by atoms with Gasteiger partial charge in [-0.3, -0.25) is 4.79 Å². The predicted molar refractivity (Wildman–Crippen MR) is 96.6 cm³/mol. The highest BCUT2D eigenvalue weighted by molar-refractivity contribution is 7.91. The number of nitrogens with zero attached hydrogens (tertiary/aromatic N) is 2. The molecule has 1 aromatic heterocycles. The number of hydrogen-bond acceptors (Lipinski definition) is 7. The summed E-state index contributed by atoms with van der Waals surface area (Å²) in [5.41, 5.74) is -0.424. The van der Waals surface area contributed by atoms with Gasteiger partial charge in [0.05, 0.1) is 12.2 Å². The Bertz CT molecular complexity index is 864. The van der Waals surface area contributed by atoms with Gasteiger partial charge in [-0.15, -0.1) is 0 Å². The first kappa shape index (κ1) is 23.9. The monoisotopic (exact) mass is 454 g/mol. The molecular formula is C17H21F3N2O7S. The van der Waals surface area contributed by atoms with Gasteiger partial charge in [0.25, 0.3) is 0 Å². The lowest BCUT2D eigenvalue weighted by Gasteiger charge is -2.23. The molecule has 13 heteroatoms. The average molecular weight is 454 g/mol. The molecule has 2 aliphatic rings. The van der Waals surface area contributed by atoms with E-state index in [4.69, 9.17) is 19.4 Å². The molecule has 0 unspecified atom stereocenters. The summed E-state index contributed by atoms with van der Waals surface area (Å²) in [5.74, 6) is -3.01. The molecule has 2 atom stereocenters. The molecule has 0 bridgehead atoms. The summed E-state index contributed by atoms with van der Waals surface area (Å²) >= 11 is 0. The standard InChI is InChI=1S/C15H20N2O5S.C2HF3O2/c1-23(19,20)10-14(18)17-7-5-15(11-17)8-12(9-21-15)22-13-4-2-3-6-16-13;3-2(4,5)1(6)7/h2-4,6,12H,5,7-11H2,1H3;(H,6,7)/t12-,15-;/m0./s1. The van der Waals surface area contributed by atoms with Crippen LogP contribution in [0.3, 0.4) is 0 Å². The summed E-state index contributed by atoms with van der Waals surface area (Å²) in [6.45, 7) is 1.39. The molecule has 168 valence electrons. The second kappa shape index (κ2) is 9.16. The summed E-state index contributed by atoms with van der Waals surface area (Å²) < 4.78 is 66.0. The van der Waals surface area contributed by atoms with Crippen LogP contribution in [0.2, 0.25) is 0 Å². The van der Waals surface area contributed by atoms with Gasteiger partial charge in [0.15, 0.2) is 9.84 Å². The number of halogens is 3. The van der Waals surface area contributed by atoms with Crippen molar-refractivity contribution in [2.45, 2.75) is 30.7 Å². The Kier molecular flexibility index (Phi) is 7.29. The van der Waals surface area contributed by atoms with Crippen LogP contribution in [-0.4, -0.2) is 84.9 Å². The number of carboxylic acids is 1. The third kappa shape index (κ3) is 7.13. The second-order valence-corrected chi connectivity index (χ2v) is 9.18. The molecule has 1 N–H and O–H groups in total. The van der Waals surface area contributed by atoms with Crippen molar-refractivity contribution in [1.29, 1.82) is 0 Å². The Morgan fingerprint density at radius 2 is 2.07 bits per heavy atom. The van der Waals surface area contributed by atoms with Gasteiger partial charge >= 0.3 is 12.1 Å². The number of sulfone groups is 1. The minimum atomic E-state index is -5.08. The molecule has 30 heavy (non-hydrogen) atoms. The fourth-order valence-corrected chi connectivity index (χ4v) is 3.75. The quantitative estimate of drug-likeness (QED) is 0.712. The molecule has 0 saturated carbocycles. The first-order chi connectivity index (χ1) is 13.8. The Morgan fingerprint density at radius 3 is 2.60 bits per heavy atom. The molecule has 0 radical (unpaired) electrons. The third-order valence-electron chi connectivity index (χ3n) is 4.40. The van der Waals surface area contributed by atoms with Crippen molar-refractivity contribution < 1.29 is 45.8 Å². The summed E-state index contributed by atoms with van der Waals surface area (Å²) in [4.78, 5) is 26.6. The Balaban J connectivity index is 0.000000396. The number of amides is 1. The molecule has 2 fully saturated rings. The summed E-state index contributed by atoms with van der Waals surface area (Å²) in [6.07, 6.45) is -1.08. The molecule has 0 aromatic carbocycles. The highest BCUT2D eigenvalue weighted by Crippen LogP contribution is 2.36. The maximum absolute atomic E-state index is 12.0. The SMILES string of the molecule is CS(=O)(=O)CC(=O)N1CC[C@]2(C[C@H](Oc3ccccn3)CO2)C1.O=C(O)C(F)(F)F. The maximum Gasteiger partial charge on any atom is 0.490 e. The van der Waals surface area contributed by atoms with E-state index in [2.05, 4.69) is 4.98 Å². The lowest BCUT2D eigenvalue weighted by atomic mass is 9.98. The van der Waals surface area contributed by atoms with Gasteiger partial charge in [-0.1, -0.05) is 6.07 Å². The first-order valence-electron chi connectivity index (χ1n) is 8.77. The van der Waals surface area contributed by atoms with Crippen LogP contribution in [0.5, 0.6) is 5.88 Å². The average Bonchev–Trinajstić information content (AvgIpc) is 3.21. The minimum absolute atomic E-state index is 0.102. The molecule has 3 rings (SSSR count). The van der Waals surface area contributed by atoms with Crippen LogP contribution in [0.1, 0.15) is 12.8 Å². The van der Waals surface area contributed by atoms with E-state index in [0.717, 1.165) is 6.26 Å². The number of pyridine rings is 1. The maximum atomic E-state index is 12.0. The molecule has 1 amide bonds. The first-order valence-corrected chi connectivity index (χ1v) is 10.8. The number of alkyl halides is 3. The summed E-state index contributed by atoms with van der Waals surface area (Å²) in [7, 11) is -3.31. The highest BCUT2D eigenvalue weighted by atomic mass is 32.2. The number of likely N-dealkylation sites (tertiary alicyclic amines) is 1.